The molecule has 0 saturated carbocycles. The molecule has 0 aromatic rings. The van der Waals surface area contributed by atoms with E-state index in [4.69, 9.17) is 62.6 Å². The van der Waals surface area contributed by atoms with E-state index in [-0.39, 0.29) is 77.3 Å². The highest BCUT2D eigenvalue weighted by Crippen LogP contribution is 2.52. The van der Waals surface area contributed by atoms with Gasteiger partial charge in [0, 0.05) is 53.6 Å². The third-order valence-corrected chi connectivity index (χ3v) is 18.4. The van der Waals surface area contributed by atoms with Crippen molar-refractivity contribution >= 4 is 31.3 Å². The average Bonchev–Trinajstić information content (AvgIpc) is 0.788. The van der Waals surface area contributed by atoms with Crippen molar-refractivity contribution in [3.63, 3.8) is 0 Å². The standard InChI is InChI=1S/C83H122NO17P/c1-11-18-22-26-29-32-34-36-37-39-41-43-45-49-53-57-76(88)84-77-81(93-64-58-72(91-10)56-52-47-25-21-14-4)80(101-102(89,96-61-16-6)97-62-17-7)75(68-90-9)100-83(77)95-65-59-74-79(98-69(8)85)78(92-63-54-50-46-31-28-24-20-13-3)73(82(99-74)94-60-15-5)67-71(87)66-70(86)55-51-48-44-42-40-38-35-33-30-27-23-19-12-2/h2,15-17,32,34,60,72-75,77-83H,6-7,11,13-14,18,20-22,24-26,28-29,31,36-37,39,41,43,45-50,52-54,56-59,61-68H2,1,3-5,8-10H3,(H,84,88)/t72-,73-,74-,75-,77-,78-,79-,80-,81-,82+,83?/m1/s1. The second-order valence-corrected chi connectivity index (χ2v) is 27.0. The number of carbonyl (C=O) groups excluding carboxylic acids is 4. The van der Waals surface area contributed by atoms with Crippen LogP contribution in [0.3, 0.4) is 0 Å². The molecule has 0 aliphatic carbocycles. The smallest absolute Gasteiger partial charge is 0.472 e. The van der Waals surface area contributed by atoms with Gasteiger partial charge >= 0.3 is 13.8 Å². The van der Waals surface area contributed by atoms with E-state index in [1.807, 2.05) is 0 Å². The highest BCUT2D eigenvalue weighted by Gasteiger charge is 2.53. The van der Waals surface area contributed by atoms with Gasteiger partial charge < -0.3 is 47.9 Å². The zero-order chi connectivity index (χ0) is 74.4. The second-order valence-electron chi connectivity index (χ2n) is 25.4. The second kappa shape index (κ2) is 62.2. The van der Waals surface area contributed by atoms with Crippen LogP contribution in [0, 0.1) is 89.3 Å². The SMILES string of the molecule is C#CC#CC#CC#CC#CC#CCC#CC(=O)CC(=O)C[C@H]1[C@@H](OC=CC)O[C@H](CCOC2O[C@H](COC)[C@@H](OP(=O)(OCC=C)OCC=C)[C@H](OCC[C@@H](CCCCCCC)OC)[C@H]2NC(=O)CCCCCCCCCC=CCCCCCC)[C@@H](OC(C)=O)[C@@H]1OCCCCCCCCCC. The molecule has 0 aromatic carbocycles. The van der Waals surface area contributed by atoms with Crippen molar-refractivity contribution < 1.29 is 79.9 Å². The van der Waals surface area contributed by atoms with Crippen LogP contribution in [0.15, 0.2) is 49.8 Å². The average molecular weight is 1440 g/mol. The molecule has 2 aliphatic rings. The van der Waals surface area contributed by atoms with Crippen molar-refractivity contribution in [2.45, 2.75) is 308 Å². The normalized spacial score (nSPS) is 20.2. The predicted molar refractivity (Wildman–Crippen MR) is 401 cm³/mol. The summed E-state index contributed by atoms with van der Waals surface area (Å²) in [5.41, 5.74) is 0. The summed E-state index contributed by atoms with van der Waals surface area (Å²) in [5.74, 6) is 29.7. The third-order valence-electron chi connectivity index (χ3n) is 16.9. The molecule has 2 aliphatic heterocycles. The van der Waals surface area contributed by atoms with E-state index in [2.05, 4.69) is 128 Å². The first-order valence-corrected chi connectivity index (χ1v) is 39.1. The third kappa shape index (κ3) is 43.8. The van der Waals surface area contributed by atoms with Crippen LogP contribution >= 0.6 is 7.82 Å². The molecule has 0 aromatic heterocycles. The largest absolute Gasteiger partial charge is 0.475 e. The Balaban J connectivity index is 2.65. The van der Waals surface area contributed by atoms with Crippen molar-refractivity contribution in [1.82, 2.24) is 5.32 Å². The summed E-state index contributed by atoms with van der Waals surface area (Å²) in [6.07, 6.45) is 35.4. The molecule has 0 bridgehead atoms. The Morgan fingerprint density at radius 3 is 1.75 bits per heavy atom. The molecule has 566 valence electrons. The number of terminal acetylenes is 1. The van der Waals surface area contributed by atoms with Crippen LogP contribution in [0.25, 0.3) is 0 Å². The molecule has 1 amide bonds. The van der Waals surface area contributed by atoms with Gasteiger partial charge in [0.2, 0.25) is 18.0 Å². The predicted octanol–water partition coefficient (Wildman–Crippen LogP) is 15.6. The first kappa shape index (κ1) is 91.9. The van der Waals surface area contributed by atoms with E-state index in [1.165, 1.54) is 71.0 Å². The number of phosphoric ester groups is 1. The monoisotopic (exact) mass is 1440 g/mol. The van der Waals surface area contributed by atoms with E-state index in [9.17, 15) is 23.7 Å². The quantitative estimate of drug-likeness (QED) is 0.00877. The number of hydrogen-bond donors (Lipinski definition) is 1. The van der Waals surface area contributed by atoms with Gasteiger partial charge in [-0.1, -0.05) is 191 Å². The lowest BCUT2D eigenvalue weighted by molar-refractivity contribution is -0.292. The van der Waals surface area contributed by atoms with Gasteiger partial charge in [-0.3, -0.25) is 32.7 Å². The summed E-state index contributed by atoms with van der Waals surface area (Å²) < 4.78 is 90.8. The molecule has 102 heavy (non-hydrogen) atoms. The van der Waals surface area contributed by atoms with Gasteiger partial charge in [0.1, 0.15) is 42.3 Å². The number of allylic oxidation sites excluding steroid dienone is 3. The number of ether oxygens (including phenoxy) is 9. The van der Waals surface area contributed by atoms with E-state index >= 15 is 0 Å². The fourth-order valence-electron chi connectivity index (χ4n) is 11.8. The first-order valence-electron chi connectivity index (χ1n) is 37.6. The first-order chi connectivity index (χ1) is 49.8. The Bertz CT molecular complexity index is 2900. The summed E-state index contributed by atoms with van der Waals surface area (Å²) in [4.78, 5) is 55.1. The summed E-state index contributed by atoms with van der Waals surface area (Å²) in [6.45, 7) is 16.9. The van der Waals surface area contributed by atoms with Gasteiger partial charge in [-0.2, -0.15) is 0 Å². The molecule has 18 nitrogen and oxygen atoms in total. The van der Waals surface area contributed by atoms with Crippen LogP contribution < -0.4 is 5.32 Å². The van der Waals surface area contributed by atoms with Crippen molar-refractivity contribution in [1.29, 1.82) is 0 Å². The Hall–Kier alpha value is -6.21. The molecular weight excluding hydrogens is 1310 g/mol. The van der Waals surface area contributed by atoms with Crippen molar-refractivity contribution in [2.75, 3.05) is 53.9 Å². The van der Waals surface area contributed by atoms with E-state index in [0.717, 1.165) is 122 Å². The summed E-state index contributed by atoms with van der Waals surface area (Å²) >= 11 is 0. The van der Waals surface area contributed by atoms with Gasteiger partial charge in [-0.15, -0.1) is 19.6 Å². The van der Waals surface area contributed by atoms with Gasteiger partial charge in [-0.05, 0) is 123 Å². The summed E-state index contributed by atoms with van der Waals surface area (Å²) in [7, 11) is -1.29. The fraction of sp³-hybridized carbons (Fsp3) is 0.687. The number of esters is 1. The maximum Gasteiger partial charge on any atom is 0.475 e. The number of nitrogens with one attached hydrogen (secondary N) is 1. The molecule has 11 atom stereocenters. The van der Waals surface area contributed by atoms with E-state index in [1.54, 1.807) is 20.1 Å². The van der Waals surface area contributed by atoms with Gasteiger partial charge in [0.25, 0.3) is 0 Å². The number of rotatable bonds is 58. The topological polar surface area (TPSA) is 208 Å². The maximum absolute atomic E-state index is 14.7. The van der Waals surface area contributed by atoms with E-state index in [0.29, 0.717) is 19.3 Å². The lowest BCUT2D eigenvalue weighted by Gasteiger charge is -2.47. The summed E-state index contributed by atoms with van der Waals surface area (Å²) in [6, 6.07) is -1.11. The number of hydrogen-bond acceptors (Lipinski definition) is 17. The molecule has 2 rings (SSSR count). The molecule has 0 radical (unpaired) electrons. The zero-order valence-electron chi connectivity index (χ0n) is 62.8. The van der Waals surface area contributed by atoms with Crippen molar-refractivity contribution in [3.05, 3.63) is 49.8 Å². The Morgan fingerprint density at radius 1 is 0.608 bits per heavy atom. The van der Waals surface area contributed by atoms with Crippen LogP contribution in [-0.2, 0) is 79.9 Å². The Kier molecular flexibility index (Phi) is 56.0. The minimum Gasteiger partial charge on any atom is -0.472 e. The number of phosphoric acid groups is 1. The molecule has 1 unspecified atom stereocenters. The fourth-order valence-corrected chi connectivity index (χ4v) is 13.1. The Morgan fingerprint density at radius 2 is 1.17 bits per heavy atom. The van der Waals surface area contributed by atoms with Crippen LogP contribution in [0.2, 0.25) is 0 Å². The van der Waals surface area contributed by atoms with Crippen LogP contribution in [0.5, 0.6) is 0 Å². The molecule has 19 heteroatoms. The molecule has 2 saturated heterocycles. The van der Waals surface area contributed by atoms with Crippen LogP contribution in [0.4, 0.5) is 0 Å². The van der Waals surface area contributed by atoms with Crippen LogP contribution in [0.1, 0.15) is 247 Å². The van der Waals surface area contributed by atoms with Gasteiger partial charge in [0.05, 0.1) is 57.6 Å². The number of carbonyl (C=O) groups is 4. The van der Waals surface area contributed by atoms with Gasteiger partial charge in [-0.25, -0.2) is 4.57 Å². The highest BCUT2D eigenvalue weighted by molar-refractivity contribution is 7.48. The molecule has 2 heterocycles. The van der Waals surface area contributed by atoms with E-state index < -0.39 is 92.9 Å². The van der Waals surface area contributed by atoms with Crippen LogP contribution in [-0.4, -0.2) is 139 Å². The number of methoxy groups -OCH3 is 2. The molecule has 0 spiro atoms. The minimum absolute atomic E-state index is 0.0100. The lowest BCUT2D eigenvalue weighted by Crippen LogP contribution is -2.66. The molecule has 1 N–H and O–H groups in total. The number of unbranched alkanes of at least 4 members (excludes halogenated alkanes) is 22. The highest BCUT2D eigenvalue weighted by atomic mass is 31.2. The molecular formula is C83H122NO17P. The number of ketones is 2. The van der Waals surface area contributed by atoms with Crippen molar-refractivity contribution in [3.8, 4) is 83.4 Å². The van der Waals surface area contributed by atoms with Crippen molar-refractivity contribution in [2.24, 2.45) is 5.92 Å². The minimum atomic E-state index is -4.45. The summed E-state index contributed by atoms with van der Waals surface area (Å²) in [5, 5.41) is 3.21. The maximum atomic E-state index is 14.7. The number of Topliss-reactive ketones (excluding diaryl/α,β-unsaturated/α-hetero) is 2. The van der Waals surface area contributed by atoms with Gasteiger partial charge in [0.15, 0.2) is 12.4 Å². The molecule has 2 fully saturated rings. The lowest BCUT2D eigenvalue weighted by atomic mass is 9.85. The Labute approximate surface area is 614 Å². The zero-order valence-corrected chi connectivity index (χ0v) is 63.7. The number of amides is 1.